The van der Waals surface area contributed by atoms with Crippen LogP contribution in [0.15, 0.2) is 12.1 Å². The summed E-state index contributed by atoms with van der Waals surface area (Å²) in [6.45, 7) is 3.86. The summed E-state index contributed by atoms with van der Waals surface area (Å²) in [5.74, 6) is 2.29. The van der Waals surface area contributed by atoms with Gasteiger partial charge >= 0.3 is 6.01 Å². The average molecular weight is 400 g/mol. The van der Waals surface area contributed by atoms with E-state index in [1.54, 1.807) is 38.1 Å². The molecule has 0 aliphatic heterocycles. The summed E-state index contributed by atoms with van der Waals surface area (Å²) in [5, 5.41) is 7.58. The first-order valence-corrected chi connectivity index (χ1v) is 8.79. The molecule has 3 rings (SSSR count). The molecule has 2 aromatic heterocycles. The average Bonchev–Trinajstić information content (AvgIpc) is 2.98. The van der Waals surface area contributed by atoms with E-state index in [1.165, 1.54) is 7.11 Å². The van der Waals surface area contributed by atoms with Crippen molar-refractivity contribution in [1.29, 1.82) is 0 Å². The zero-order valence-corrected chi connectivity index (χ0v) is 17.5. The molecule has 2 heterocycles. The van der Waals surface area contributed by atoms with Crippen molar-refractivity contribution in [3.63, 3.8) is 0 Å². The second-order valence-corrected chi connectivity index (χ2v) is 6.18. The standard InChI is InChI=1S/C19H24N6O4/c1-10-15(11(2)25(3)24-10)17-21-18(23-19(22-17)29-7)20-12-8-13(26-4)16(28-6)14(9-12)27-5/h8-9H,1-7H3,(H,20,21,22,23). The van der Waals surface area contributed by atoms with Crippen molar-refractivity contribution in [2.24, 2.45) is 7.05 Å². The molecule has 0 saturated carbocycles. The van der Waals surface area contributed by atoms with Gasteiger partial charge in [0.1, 0.15) is 0 Å². The predicted octanol–water partition coefficient (Wildman–Crippen LogP) is 2.67. The summed E-state index contributed by atoms with van der Waals surface area (Å²) < 4.78 is 23.2. The van der Waals surface area contributed by atoms with Crippen molar-refractivity contribution in [3.05, 3.63) is 23.5 Å². The number of anilines is 2. The Hall–Kier alpha value is -3.56. The Labute approximate surface area is 168 Å². The van der Waals surface area contributed by atoms with Gasteiger partial charge in [0.15, 0.2) is 17.3 Å². The Morgan fingerprint density at radius 3 is 2.00 bits per heavy atom. The van der Waals surface area contributed by atoms with Gasteiger partial charge in [-0.2, -0.15) is 20.1 Å². The Bertz CT molecular complexity index is 1010. The highest BCUT2D eigenvalue weighted by Crippen LogP contribution is 2.40. The second kappa shape index (κ2) is 8.21. The third-order valence-corrected chi connectivity index (χ3v) is 4.45. The van der Waals surface area contributed by atoms with E-state index in [2.05, 4.69) is 25.4 Å². The maximum atomic E-state index is 5.40. The van der Waals surface area contributed by atoms with E-state index in [0.29, 0.717) is 34.7 Å². The lowest BCUT2D eigenvalue weighted by atomic mass is 10.2. The van der Waals surface area contributed by atoms with Crippen molar-refractivity contribution in [2.45, 2.75) is 13.8 Å². The third kappa shape index (κ3) is 3.86. The van der Waals surface area contributed by atoms with Crippen LogP contribution in [0.5, 0.6) is 23.3 Å². The minimum Gasteiger partial charge on any atom is -0.493 e. The number of benzene rings is 1. The van der Waals surface area contributed by atoms with E-state index >= 15 is 0 Å². The first-order valence-electron chi connectivity index (χ1n) is 8.79. The van der Waals surface area contributed by atoms with Gasteiger partial charge in [-0.05, 0) is 13.8 Å². The van der Waals surface area contributed by atoms with Gasteiger partial charge in [-0.3, -0.25) is 4.68 Å². The minimum absolute atomic E-state index is 0.188. The van der Waals surface area contributed by atoms with Gasteiger partial charge in [0.2, 0.25) is 11.7 Å². The van der Waals surface area contributed by atoms with Crippen molar-refractivity contribution in [1.82, 2.24) is 24.7 Å². The van der Waals surface area contributed by atoms with E-state index in [-0.39, 0.29) is 6.01 Å². The number of nitrogens with zero attached hydrogens (tertiary/aromatic N) is 5. The van der Waals surface area contributed by atoms with Crippen LogP contribution < -0.4 is 24.3 Å². The number of hydrogen-bond donors (Lipinski definition) is 1. The van der Waals surface area contributed by atoms with Crippen LogP contribution in [0.4, 0.5) is 11.6 Å². The summed E-state index contributed by atoms with van der Waals surface area (Å²) in [5.41, 5.74) is 3.24. The lowest BCUT2D eigenvalue weighted by Gasteiger charge is -2.15. The SMILES string of the molecule is COc1nc(Nc2cc(OC)c(OC)c(OC)c2)nc(-c2c(C)nn(C)c2C)n1. The number of methoxy groups -OCH3 is 4. The molecule has 3 aromatic rings. The van der Waals surface area contributed by atoms with Gasteiger partial charge in [0.05, 0.1) is 39.7 Å². The van der Waals surface area contributed by atoms with Crippen molar-refractivity contribution in [2.75, 3.05) is 33.8 Å². The predicted molar refractivity (Wildman–Crippen MR) is 107 cm³/mol. The van der Waals surface area contributed by atoms with Gasteiger partial charge < -0.3 is 24.3 Å². The maximum Gasteiger partial charge on any atom is 0.321 e. The molecule has 0 atom stereocenters. The highest BCUT2D eigenvalue weighted by molar-refractivity contribution is 5.67. The molecule has 0 fully saturated rings. The lowest BCUT2D eigenvalue weighted by Crippen LogP contribution is -2.05. The summed E-state index contributed by atoms with van der Waals surface area (Å²) in [6.07, 6.45) is 0. The van der Waals surface area contributed by atoms with Crippen LogP contribution in [-0.4, -0.2) is 53.2 Å². The van der Waals surface area contributed by atoms with Crippen LogP contribution in [0.1, 0.15) is 11.4 Å². The summed E-state index contributed by atoms with van der Waals surface area (Å²) in [4.78, 5) is 13.2. The van der Waals surface area contributed by atoms with Gasteiger partial charge in [0, 0.05) is 30.6 Å². The zero-order chi connectivity index (χ0) is 21.1. The third-order valence-electron chi connectivity index (χ3n) is 4.45. The molecule has 0 bridgehead atoms. The molecular weight excluding hydrogens is 376 g/mol. The molecule has 10 nitrogen and oxygen atoms in total. The van der Waals surface area contributed by atoms with E-state index in [9.17, 15) is 0 Å². The first-order chi connectivity index (χ1) is 13.9. The molecule has 1 aromatic carbocycles. The molecule has 0 radical (unpaired) electrons. The number of nitrogens with one attached hydrogen (secondary N) is 1. The fraction of sp³-hybridized carbons (Fsp3) is 0.368. The highest BCUT2D eigenvalue weighted by Gasteiger charge is 2.18. The van der Waals surface area contributed by atoms with Crippen LogP contribution in [0.2, 0.25) is 0 Å². The zero-order valence-electron chi connectivity index (χ0n) is 17.5. The number of rotatable bonds is 7. The van der Waals surface area contributed by atoms with Crippen molar-refractivity contribution in [3.8, 4) is 34.6 Å². The number of ether oxygens (including phenoxy) is 4. The van der Waals surface area contributed by atoms with Crippen LogP contribution in [0.3, 0.4) is 0 Å². The van der Waals surface area contributed by atoms with E-state index in [4.69, 9.17) is 18.9 Å². The normalized spacial score (nSPS) is 10.6. The molecule has 0 aliphatic carbocycles. The minimum atomic E-state index is 0.188. The van der Waals surface area contributed by atoms with Crippen molar-refractivity contribution < 1.29 is 18.9 Å². The molecule has 0 unspecified atom stereocenters. The number of hydrogen-bond acceptors (Lipinski definition) is 9. The summed E-state index contributed by atoms with van der Waals surface area (Å²) >= 11 is 0. The molecule has 0 spiro atoms. The molecule has 0 saturated heterocycles. The fourth-order valence-corrected chi connectivity index (χ4v) is 3.00. The second-order valence-electron chi connectivity index (χ2n) is 6.18. The monoisotopic (exact) mass is 400 g/mol. The number of aromatic nitrogens is 5. The first kappa shape index (κ1) is 20.2. The lowest BCUT2D eigenvalue weighted by molar-refractivity contribution is 0.324. The van der Waals surface area contributed by atoms with Gasteiger partial charge in [-0.15, -0.1) is 0 Å². The molecule has 10 heteroatoms. The smallest absolute Gasteiger partial charge is 0.321 e. The topological polar surface area (TPSA) is 105 Å². The van der Waals surface area contributed by atoms with Crippen LogP contribution >= 0.6 is 0 Å². The van der Waals surface area contributed by atoms with Crippen molar-refractivity contribution >= 4 is 11.6 Å². The molecule has 1 N–H and O–H groups in total. The Morgan fingerprint density at radius 1 is 0.862 bits per heavy atom. The highest BCUT2D eigenvalue weighted by atomic mass is 16.5. The molecular formula is C19H24N6O4. The van der Waals surface area contributed by atoms with E-state index < -0.39 is 0 Å². The maximum absolute atomic E-state index is 5.40. The van der Waals surface area contributed by atoms with E-state index in [1.807, 2.05) is 20.9 Å². The van der Waals surface area contributed by atoms with Crippen LogP contribution in [-0.2, 0) is 7.05 Å². The van der Waals surface area contributed by atoms with Crippen LogP contribution in [0, 0.1) is 13.8 Å². The molecule has 0 amide bonds. The van der Waals surface area contributed by atoms with E-state index in [0.717, 1.165) is 17.0 Å². The number of aryl methyl sites for hydroxylation is 2. The molecule has 29 heavy (non-hydrogen) atoms. The Balaban J connectivity index is 2.06. The summed E-state index contributed by atoms with van der Waals surface area (Å²) in [7, 11) is 8.04. The van der Waals surface area contributed by atoms with Gasteiger partial charge in [0.25, 0.3) is 0 Å². The van der Waals surface area contributed by atoms with Gasteiger partial charge in [-0.25, -0.2) is 0 Å². The summed E-state index contributed by atoms with van der Waals surface area (Å²) in [6, 6.07) is 3.71. The fourth-order valence-electron chi connectivity index (χ4n) is 3.00. The Morgan fingerprint density at radius 2 is 1.52 bits per heavy atom. The quantitative estimate of drug-likeness (QED) is 0.640. The molecule has 0 aliphatic rings. The molecule has 154 valence electrons. The Kier molecular flexibility index (Phi) is 5.71. The van der Waals surface area contributed by atoms with Gasteiger partial charge in [-0.1, -0.05) is 0 Å². The largest absolute Gasteiger partial charge is 0.493 e. The van der Waals surface area contributed by atoms with Crippen LogP contribution in [0.25, 0.3) is 11.4 Å².